The highest BCUT2D eigenvalue weighted by atomic mass is 127. The summed E-state index contributed by atoms with van der Waals surface area (Å²) in [6.07, 6.45) is 1.43. The van der Waals surface area contributed by atoms with Crippen molar-refractivity contribution in [1.29, 1.82) is 0 Å². The second-order valence-electron chi connectivity index (χ2n) is 8.50. The van der Waals surface area contributed by atoms with Gasteiger partial charge in [0.1, 0.15) is 5.60 Å². The molecule has 0 radical (unpaired) electrons. The first kappa shape index (κ1) is 22.6. The van der Waals surface area contributed by atoms with Gasteiger partial charge in [0, 0.05) is 48.1 Å². The number of hydrogen-bond donors (Lipinski definition) is 1. The summed E-state index contributed by atoms with van der Waals surface area (Å²) in [5.41, 5.74) is 0.708. The van der Waals surface area contributed by atoms with Crippen LogP contribution in [0.25, 0.3) is 0 Å². The number of carbonyl (C=O) groups excluding carboxylic acids is 1. The van der Waals surface area contributed by atoms with Crippen LogP contribution in [-0.4, -0.2) is 57.3 Å². The molecular weight excluding hydrogens is 497 g/mol. The zero-order chi connectivity index (χ0) is 21.9. The predicted molar refractivity (Wildman–Crippen MR) is 124 cm³/mol. The molecule has 3 rings (SSSR count). The number of aromatic nitrogens is 1. The number of benzene rings is 1. The van der Waals surface area contributed by atoms with Crippen LogP contribution >= 0.6 is 22.6 Å². The van der Waals surface area contributed by atoms with E-state index in [2.05, 4.69) is 27.5 Å². The van der Waals surface area contributed by atoms with E-state index < -0.39 is 11.2 Å². The molecule has 1 fully saturated rings. The summed E-state index contributed by atoms with van der Waals surface area (Å²) in [7, 11) is 0. The molecule has 1 aliphatic heterocycles. The highest BCUT2D eigenvalue weighted by Crippen LogP contribution is 2.17. The van der Waals surface area contributed by atoms with Crippen LogP contribution in [0.15, 0.2) is 41.3 Å². The van der Waals surface area contributed by atoms with Gasteiger partial charge >= 0.3 is 6.09 Å². The van der Waals surface area contributed by atoms with Gasteiger partial charge in [-0.1, -0.05) is 12.1 Å². The maximum absolute atomic E-state index is 12.6. The molecule has 0 unspecified atom stereocenters. The fourth-order valence-corrected chi connectivity index (χ4v) is 3.95. The van der Waals surface area contributed by atoms with Gasteiger partial charge in [0.2, 0.25) is 0 Å². The molecule has 1 amide bonds. The summed E-state index contributed by atoms with van der Waals surface area (Å²) in [5.74, 6) is -0.210. The second kappa shape index (κ2) is 9.38. The average Bonchev–Trinajstić information content (AvgIpc) is 2.67. The van der Waals surface area contributed by atoms with E-state index in [1.165, 1.54) is 4.57 Å². The summed E-state index contributed by atoms with van der Waals surface area (Å²) in [4.78, 5) is 28.6. The summed E-state index contributed by atoms with van der Waals surface area (Å²) >= 11 is 2.24. The standard InChI is InChI=1S/C22H28IN3O4/c1-22(2,3)30-21(29)25-11-9-24(10-12-25)15-17-7-8-26(20(28)19(17)27)14-16-5-4-6-18(23)13-16/h4-8,13,27H,9-12,14-15H2,1-3H3. The number of amides is 1. The van der Waals surface area contributed by atoms with Gasteiger partial charge in [0.15, 0.2) is 5.75 Å². The van der Waals surface area contributed by atoms with Crippen molar-refractivity contribution < 1.29 is 14.6 Å². The maximum atomic E-state index is 12.6. The molecule has 0 saturated carbocycles. The molecule has 0 atom stereocenters. The van der Waals surface area contributed by atoms with E-state index in [0.717, 1.165) is 9.13 Å². The van der Waals surface area contributed by atoms with E-state index in [4.69, 9.17) is 4.74 Å². The Labute approximate surface area is 190 Å². The van der Waals surface area contributed by atoms with Crippen molar-refractivity contribution in [3.8, 4) is 5.75 Å². The molecule has 1 saturated heterocycles. The maximum Gasteiger partial charge on any atom is 0.410 e. The minimum Gasteiger partial charge on any atom is -0.503 e. The Hall–Kier alpha value is -2.07. The molecule has 162 valence electrons. The molecule has 7 nitrogen and oxygen atoms in total. The van der Waals surface area contributed by atoms with Crippen molar-refractivity contribution in [1.82, 2.24) is 14.4 Å². The number of hydrogen-bond acceptors (Lipinski definition) is 5. The molecular formula is C22H28IN3O4. The zero-order valence-corrected chi connectivity index (χ0v) is 19.8. The first-order chi connectivity index (χ1) is 14.1. The molecule has 1 aromatic heterocycles. The minimum absolute atomic E-state index is 0.210. The van der Waals surface area contributed by atoms with Gasteiger partial charge in [-0.25, -0.2) is 4.79 Å². The van der Waals surface area contributed by atoms with Crippen molar-refractivity contribution in [2.45, 2.75) is 39.5 Å². The van der Waals surface area contributed by atoms with E-state index >= 15 is 0 Å². The van der Waals surface area contributed by atoms with Crippen LogP contribution in [0.1, 0.15) is 31.9 Å². The molecule has 2 aromatic rings. The molecule has 1 aromatic carbocycles. The van der Waals surface area contributed by atoms with Crippen molar-refractivity contribution >= 4 is 28.7 Å². The lowest BCUT2D eigenvalue weighted by molar-refractivity contribution is 0.0138. The molecule has 2 heterocycles. The third-order valence-corrected chi connectivity index (χ3v) is 5.55. The lowest BCUT2D eigenvalue weighted by Gasteiger charge is -2.35. The topological polar surface area (TPSA) is 75.0 Å². The Bertz CT molecular complexity index is 960. The lowest BCUT2D eigenvalue weighted by atomic mass is 10.2. The smallest absolute Gasteiger partial charge is 0.410 e. The van der Waals surface area contributed by atoms with Crippen molar-refractivity contribution in [3.63, 3.8) is 0 Å². The number of rotatable bonds is 4. The summed E-state index contributed by atoms with van der Waals surface area (Å²) in [6, 6.07) is 9.72. The van der Waals surface area contributed by atoms with Crippen LogP contribution in [-0.2, 0) is 17.8 Å². The Morgan fingerprint density at radius 3 is 2.47 bits per heavy atom. The number of halogens is 1. The van der Waals surface area contributed by atoms with Gasteiger partial charge in [-0.3, -0.25) is 9.69 Å². The van der Waals surface area contributed by atoms with Gasteiger partial charge < -0.3 is 19.3 Å². The van der Waals surface area contributed by atoms with E-state index in [9.17, 15) is 14.7 Å². The molecule has 8 heteroatoms. The molecule has 30 heavy (non-hydrogen) atoms. The molecule has 0 bridgehead atoms. The van der Waals surface area contributed by atoms with Gasteiger partial charge in [-0.15, -0.1) is 0 Å². The lowest BCUT2D eigenvalue weighted by Crippen LogP contribution is -2.49. The summed E-state index contributed by atoms with van der Waals surface area (Å²) < 4.78 is 8.04. The first-order valence-corrected chi connectivity index (χ1v) is 11.1. The monoisotopic (exact) mass is 525 g/mol. The van der Waals surface area contributed by atoms with Gasteiger partial charge in [-0.2, -0.15) is 0 Å². The highest BCUT2D eigenvalue weighted by molar-refractivity contribution is 14.1. The van der Waals surface area contributed by atoms with Crippen LogP contribution in [0.5, 0.6) is 5.75 Å². The third-order valence-electron chi connectivity index (χ3n) is 4.88. The average molecular weight is 525 g/mol. The first-order valence-electron chi connectivity index (χ1n) is 9.98. The highest BCUT2D eigenvalue weighted by Gasteiger charge is 2.26. The van der Waals surface area contributed by atoms with E-state index in [1.807, 2.05) is 45.0 Å². The van der Waals surface area contributed by atoms with Crippen LogP contribution in [0.4, 0.5) is 4.79 Å². The quantitative estimate of drug-likeness (QED) is 0.621. The predicted octanol–water partition coefficient (Wildman–Crippen LogP) is 3.26. The summed E-state index contributed by atoms with van der Waals surface area (Å²) in [5, 5.41) is 10.5. The number of piperazine rings is 1. The fourth-order valence-electron chi connectivity index (χ4n) is 3.34. The number of pyridine rings is 1. The van der Waals surface area contributed by atoms with Crippen LogP contribution in [0.3, 0.4) is 0 Å². The van der Waals surface area contributed by atoms with Gasteiger partial charge in [-0.05, 0) is 67.1 Å². The SMILES string of the molecule is CC(C)(C)OC(=O)N1CCN(Cc2ccn(Cc3cccc(I)c3)c(=O)c2O)CC1. The van der Waals surface area contributed by atoms with Crippen LogP contribution in [0.2, 0.25) is 0 Å². The van der Waals surface area contributed by atoms with Crippen molar-refractivity contribution in [3.05, 3.63) is 61.6 Å². The fraction of sp³-hybridized carbons (Fsp3) is 0.455. The van der Waals surface area contributed by atoms with Crippen molar-refractivity contribution in [2.24, 2.45) is 0 Å². The van der Waals surface area contributed by atoms with Gasteiger partial charge in [0.25, 0.3) is 5.56 Å². The largest absolute Gasteiger partial charge is 0.503 e. The normalized spacial score (nSPS) is 15.3. The number of carbonyl (C=O) groups is 1. The van der Waals surface area contributed by atoms with Gasteiger partial charge in [0.05, 0.1) is 6.54 Å². The number of aromatic hydroxyl groups is 1. The molecule has 0 aliphatic carbocycles. The Morgan fingerprint density at radius 1 is 1.13 bits per heavy atom. The number of ether oxygens (including phenoxy) is 1. The van der Waals surface area contributed by atoms with Crippen molar-refractivity contribution in [2.75, 3.05) is 26.2 Å². The Balaban J connectivity index is 1.61. The Kier molecular flexibility index (Phi) is 7.07. The van der Waals surface area contributed by atoms with E-state index in [0.29, 0.717) is 44.8 Å². The molecule has 1 N–H and O–H groups in total. The molecule has 0 spiro atoms. The second-order valence-corrected chi connectivity index (χ2v) is 9.74. The Morgan fingerprint density at radius 2 is 1.83 bits per heavy atom. The van der Waals surface area contributed by atoms with E-state index in [1.54, 1.807) is 17.2 Å². The number of nitrogens with zero attached hydrogens (tertiary/aromatic N) is 3. The van der Waals surface area contributed by atoms with Crippen LogP contribution in [0, 0.1) is 3.57 Å². The summed E-state index contributed by atoms with van der Waals surface area (Å²) in [6.45, 7) is 8.86. The third kappa shape index (κ3) is 5.98. The zero-order valence-electron chi connectivity index (χ0n) is 17.6. The molecule has 1 aliphatic rings. The van der Waals surface area contributed by atoms with E-state index in [-0.39, 0.29) is 11.8 Å². The van der Waals surface area contributed by atoms with Crippen LogP contribution < -0.4 is 5.56 Å². The minimum atomic E-state index is -0.512.